The van der Waals surface area contributed by atoms with Gasteiger partial charge in [-0.2, -0.15) is 4.31 Å². The zero-order valence-electron chi connectivity index (χ0n) is 16.3. The number of hydrogen-bond donors (Lipinski definition) is 1. The molecule has 2 aromatic carbocycles. The number of carbonyl (C=O) groups excluding carboxylic acids is 1. The molecular formula is C21H25FN2O4S. The topological polar surface area (TPSA) is 75.7 Å². The van der Waals surface area contributed by atoms with Crippen molar-refractivity contribution in [2.24, 2.45) is 0 Å². The van der Waals surface area contributed by atoms with E-state index in [-0.39, 0.29) is 35.6 Å². The van der Waals surface area contributed by atoms with Crippen molar-refractivity contribution in [3.05, 3.63) is 59.9 Å². The van der Waals surface area contributed by atoms with E-state index in [0.717, 1.165) is 18.4 Å². The lowest BCUT2D eigenvalue weighted by Gasteiger charge is -2.34. The maximum absolute atomic E-state index is 13.1. The zero-order chi connectivity index (χ0) is 20.9. The Kier molecular flexibility index (Phi) is 6.87. The van der Waals surface area contributed by atoms with Crippen LogP contribution in [0, 0.1) is 5.82 Å². The minimum Gasteiger partial charge on any atom is -0.497 e. The molecule has 0 aliphatic carbocycles. The highest BCUT2D eigenvalue weighted by Crippen LogP contribution is 2.28. The van der Waals surface area contributed by atoms with Crippen molar-refractivity contribution >= 4 is 15.9 Å². The van der Waals surface area contributed by atoms with Gasteiger partial charge in [0.05, 0.1) is 12.0 Å². The van der Waals surface area contributed by atoms with E-state index < -0.39 is 10.0 Å². The standard InChI is InChI=1S/C21H25FN2O4S/c1-28-19-9-11-20(12-10-19)29(26,27)24-13-3-2-4-18(24)14-21(25)23-15-16-5-7-17(22)8-6-16/h5-12,18H,2-4,13-15H2,1H3,(H,23,25). The number of amides is 1. The molecule has 29 heavy (non-hydrogen) atoms. The maximum Gasteiger partial charge on any atom is 0.243 e. The molecule has 156 valence electrons. The maximum atomic E-state index is 13.1. The molecular weight excluding hydrogens is 395 g/mol. The third-order valence-corrected chi connectivity index (χ3v) is 7.03. The molecule has 1 aliphatic rings. The fourth-order valence-electron chi connectivity index (χ4n) is 3.47. The van der Waals surface area contributed by atoms with Gasteiger partial charge in [-0.1, -0.05) is 18.6 Å². The number of halogens is 1. The third kappa shape index (κ3) is 5.33. The molecule has 6 nitrogen and oxygen atoms in total. The summed E-state index contributed by atoms with van der Waals surface area (Å²) in [7, 11) is -2.18. The molecule has 1 unspecified atom stereocenters. The van der Waals surface area contributed by atoms with E-state index in [9.17, 15) is 17.6 Å². The highest BCUT2D eigenvalue weighted by molar-refractivity contribution is 7.89. The monoisotopic (exact) mass is 420 g/mol. The largest absolute Gasteiger partial charge is 0.497 e. The highest BCUT2D eigenvalue weighted by Gasteiger charge is 2.34. The Morgan fingerprint density at radius 2 is 1.83 bits per heavy atom. The number of ether oxygens (including phenoxy) is 1. The number of nitrogens with zero attached hydrogens (tertiary/aromatic N) is 1. The number of nitrogens with one attached hydrogen (secondary N) is 1. The van der Waals surface area contributed by atoms with E-state index in [1.807, 2.05) is 0 Å². The first-order valence-corrected chi connectivity index (χ1v) is 11.0. The SMILES string of the molecule is COc1ccc(S(=O)(=O)N2CCCCC2CC(=O)NCc2ccc(F)cc2)cc1. The van der Waals surface area contributed by atoms with Crippen molar-refractivity contribution in [2.75, 3.05) is 13.7 Å². The summed E-state index contributed by atoms with van der Waals surface area (Å²) in [5, 5.41) is 2.79. The molecule has 1 heterocycles. The van der Waals surface area contributed by atoms with Gasteiger partial charge in [0.2, 0.25) is 15.9 Å². The van der Waals surface area contributed by atoms with Crippen LogP contribution in [0.5, 0.6) is 5.75 Å². The smallest absolute Gasteiger partial charge is 0.243 e. The average molecular weight is 421 g/mol. The Balaban J connectivity index is 1.66. The van der Waals surface area contributed by atoms with Crippen LogP contribution in [0.3, 0.4) is 0 Å². The quantitative estimate of drug-likeness (QED) is 0.747. The summed E-state index contributed by atoms with van der Waals surface area (Å²) in [4.78, 5) is 12.6. The third-order valence-electron chi connectivity index (χ3n) is 5.06. The zero-order valence-corrected chi connectivity index (χ0v) is 17.1. The Labute approximate surface area is 170 Å². The van der Waals surface area contributed by atoms with Crippen molar-refractivity contribution in [1.29, 1.82) is 0 Å². The van der Waals surface area contributed by atoms with Gasteiger partial charge in [-0.25, -0.2) is 12.8 Å². The molecule has 1 aliphatic heterocycles. The minimum atomic E-state index is -3.70. The van der Waals surface area contributed by atoms with E-state index in [4.69, 9.17) is 4.74 Å². The van der Waals surface area contributed by atoms with Crippen LogP contribution in [-0.2, 0) is 21.4 Å². The second kappa shape index (κ2) is 9.37. The van der Waals surface area contributed by atoms with E-state index in [2.05, 4.69) is 5.32 Å². The van der Waals surface area contributed by atoms with Crippen molar-refractivity contribution in [3.8, 4) is 5.75 Å². The Hall–Kier alpha value is -2.45. The fraction of sp³-hybridized carbons (Fsp3) is 0.381. The van der Waals surface area contributed by atoms with Crippen LogP contribution in [-0.4, -0.2) is 38.3 Å². The van der Waals surface area contributed by atoms with Gasteiger partial charge in [0, 0.05) is 25.6 Å². The predicted octanol–water partition coefficient (Wildman–Crippen LogP) is 3.08. The van der Waals surface area contributed by atoms with Crippen LogP contribution >= 0.6 is 0 Å². The number of benzene rings is 2. The van der Waals surface area contributed by atoms with Gasteiger partial charge in [0.15, 0.2) is 0 Å². The lowest BCUT2D eigenvalue weighted by Crippen LogP contribution is -2.45. The second-order valence-corrected chi connectivity index (χ2v) is 8.94. The lowest BCUT2D eigenvalue weighted by molar-refractivity contribution is -0.122. The van der Waals surface area contributed by atoms with Gasteiger partial charge in [0.25, 0.3) is 0 Å². The molecule has 1 saturated heterocycles. The van der Waals surface area contributed by atoms with E-state index in [1.165, 1.54) is 35.7 Å². The Morgan fingerprint density at radius 3 is 2.48 bits per heavy atom. The fourth-order valence-corrected chi connectivity index (χ4v) is 5.16. The van der Waals surface area contributed by atoms with Gasteiger partial charge in [-0.3, -0.25) is 4.79 Å². The lowest BCUT2D eigenvalue weighted by atomic mass is 10.0. The molecule has 1 fully saturated rings. The molecule has 8 heteroatoms. The summed E-state index contributed by atoms with van der Waals surface area (Å²) < 4.78 is 45.7. The Bertz CT molecular complexity index is 930. The molecule has 2 aromatic rings. The summed E-state index contributed by atoms with van der Waals surface area (Å²) in [6.07, 6.45) is 2.38. The number of carbonyl (C=O) groups is 1. The van der Waals surface area contributed by atoms with E-state index in [0.29, 0.717) is 18.7 Å². The van der Waals surface area contributed by atoms with Crippen LogP contribution in [0.15, 0.2) is 53.4 Å². The number of methoxy groups -OCH3 is 1. The minimum absolute atomic E-state index is 0.0938. The summed E-state index contributed by atoms with van der Waals surface area (Å²) in [5.41, 5.74) is 0.783. The molecule has 0 saturated carbocycles. The van der Waals surface area contributed by atoms with Crippen molar-refractivity contribution in [2.45, 2.75) is 43.2 Å². The molecule has 1 atom stereocenters. The number of piperidine rings is 1. The van der Waals surface area contributed by atoms with Crippen LogP contribution in [0.25, 0.3) is 0 Å². The number of rotatable bonds is 7. The summed E-state index contributed by atoms with van der Waals surface area (Å²) in [6, 6.07) is 11.8. The van der Waals surface area contributed by atoms with E-state index in [1.54, 1.807) is 24.3 Å². The summed E-state index contributed by atoms with van der Waals surface area (Å²) in [6.45, 7) is 0.668. The molecule has 1 amide bonds. The Morgan fingerprint density at radius 1 is 1.14 bits per heavy atom. The molecule has 0 bridgehead atoms. The number of hydrogen-bond acceptors (Lipinski definition) is 4. The molecule has 0 spiro atoms. The van der Waals surface area contributed by atoms with Gasteiger partial charge in [0.1, 0.15) is 11.6 Å². The van der Waals surface area contributed by atoms with Crippen molar-refractivity contribution < 1.29 is 22.3 Å². The van der Waals surface area contributed by atoms with E-state index >= 15 is 0 Å². The summed E-state index contributed by atoms with van der Waals surface area (Å²) in [5.74, 6) is 0.0251. The molecule has 0 radical (unpaired) electrons. The molecule has 3 rings (SSSR count). The van der Waals surface area contributed by atoms with Gasteiger partial charge in [-0.15, -0.1) is 0 Å². The average Bonchev–Trinajstić information content (AvgIpc) is 2.73. The predicted molar refractivity (Wildman–Crippen MR) is 107 cm³/mol. The van der Waals surface area contributed by atoms with Crippen LogP contribution in [0.4, 0.5) is 4.39 Å². The first-order valence-electron chi connectivity index (χ1n) is 9.57. The van der Waals surface area contributed by atoms with Crippen LogP contribution < -0.4 is 10.1 Å². The first-order chi connectivity index (χ1) is 13.9. The molecule has 0 aromatic heterocycles. The van der Waals surface area contributed by atoms with Crippen molar-refractivity contribution in [1.82, 2.24) is 9.62 Å². The van der Waals surface area contributed by atoms with Crippen molar-refractivity contribution in [3.63, 3.8) is 0 Å². The summed E-state index contributed by atoms with van der Waals surface area (Å²) >= 11 is 0. The first kappa shape index (κ1) is 21.3. The van der Waals surface area contributed by atoms with Gasteiger partial charge >= 0.3 is 0 Å². The van der Waals surface area contributed by atoms with Crippen LogP contribution in [0.1, 0.15) is 31.2 Å². The highest BCUT2D eigenvalue weighted by atomic mass is 32.2. The normalized spacial score (nSPS) is 17.7. The van der Waals surface area contributed by atoms with Crippen LogP contribution in [0.2, 0.25) is 0 Å². The van der Waals surface area contributed by atoms with Gasteiger partial charge in [-0.05, 0) is 54.8 Å². The second-order valence-electron chi connectivity index (χ2n) is 7.05. The van der Waals surface area contributed by atoms with Gasteiger partial charge < -0.3 is 10.1 Å². The number of sulfonamides is 1. The molecule has 1 N–H and O–H groups in total.